The molecule has 0 saturated heterocycles. The van der Waals surface area contributed by atoms with Gasteiger partial charge >= 0.3 is 0 Å². The maximum absolute atomic E-state index is 7.17. The minimum atomic E-state index is -0.0991. The first kappa shape index (κ1) is 31.5. The van der Waals surface area contributed by atoms with Gasteiger partial charge in [-0.3, -0.25) is 0 Å². The Balaban J connectivity index is 1.47. The molecule has 2 heterocycles. The highest BCUT2D eigenvalue weighted by atomic mass is 35.5. The Labute approximate surface area is 264 Å². The molecule has 0 N–H and O–H groups in total. The minimum absolute atomic E-state index is 0.0991. The highest BCUT2D eigenvalue weighted by Crippen LogP contribution is 2.48. The van der Waals surface area contributed by atoms with Crippen LogP contribution < -0.4 is 4.90 Å². The van der Waals surface area contributed by atoms with Gasteiger partial charge in [0.05, 0.1) is 12.0 Å². The van der Waals surface area contributed by atoms with Crippen LogP contribution in [0.15, 0.2) is 94.7 Å². The van der Waals surface area contributed by atoms with Gasteiger partial charge in [-0.05, 0) is 75.8 Å². The molecule has 2 aliphatic heterocycles. The van der Waals surface area contributed by atoms with Crippen molar-refractivity contribution in [1.29, 1.82) is 0 Å². The zero-order chi connectivity index (χ0) is 30.6. The van der Waals surface area contributed by atoms with Crippen LogP contribution in [0.25, 0.3) is 0 Å². The predicted molar refractivity (Wildman–Crippen MR) is 181 cm³/mol. The molecule has 43 heavy (non-hydrogen) atoms. The molecule has 0 unspecified atom stereocenters. The Bertz CT molecular complexity index is 1490. The van der Waals surface area contributed by atoms with Crippen molar-refractivity contribution in [2.24, 2.45) is 0 Å². The summed E-state index contributed by atoms with van der Waals surface area (Å²) >= 11 is 7.17. The molecule has 2 aromatic rings. The number of rotatable bonds is 11. The minimum Gasteiger partial charge on any atom is -0.380 e. The summed E-state index contributed by atoms with van der Waals surface area (Å²) in [6, 6.07) is 17.5. The molecule has 1 aliphatic carbocycles. The number of fused-ring (bicyclic) bond motifs is 2. The molecule has 0 amide bonds. The molecule has 4 nitrogen and oxygen atoms in total. The van der Waals surface area contributed by atoms with Crippen LogP contribution in [0.2, 0.25) is 0 Å². The lowest BCUT2D eigenvalue weighted by Crippen LogP contribution is -2.29. The summed E-state index contributed by atoms with van der Waals surface area (Å²) in [6.45, 7) is 17.9. The maximum Gasteiger partial charge on any atom is 0.209 e. The van der Waals surface area contributed by atoms with E-state index in [1.54, 1.807) is 0 Å². The fourth-order valence-corrected chi connectivity index (χ4v) is 7.25. The third kappa shape index (κ3) is 6.20. The molecule has 0 fully saturated rings. The molecule has 0 atom stereocenters. The van der Waals surface area contributed by atoms with Crippen LogP contribution in [0.3, 0.4) is 0 Å². The quantitative estimate of drug-likeness (QED) is 0.190. The molecule has 0 radical (unpaired) electrons. The van der Waals surface area contributed by atoms with E-state index in [1.165, 1.54) is 45.1 Å². The first-order valence-corrected chi connectivity index (χ1v) is 16.3. The van der Waals surface area contributed by atoms with Crippen LogP contribution in [-0.2, 0) is 20.3 Å². The van der Waals surface area contributed by atoms with Crippen LogP contribution in [0.4, 0.5) is 11.4 Å². The van der Waals surface area contributed by atoms with Gasteiger partial charge in [0.2, 0.25) is 5.69 Å². The lowest BCUT2D eigenvalue weighted by molar-refractivity contribution is -0.442. The van der Waals surface area contributed by atoms with Crippen LogP contribution >= 0.6 is 11.6 Å². The first-order chi connectivity index (χ1) is 20.7. The lowest BCUT2D eigenvalue weighted by Gasteiger charge is -2.27. The van der Waals surface area contributed by atoms with E-state index in [1.807, 2.05) is 0 Å². The average molecular weight is 600 g/mol. The predicted octanol–water partition coefficient (Wildman–Crippen LogP) is 8.98. The van der Waals surface area contributed by atoms with E-state index in [0.717, 1.165) is 50.6 Å². The highest BCUT2D eigenvalue weighted by molar-refractivity contribution is 6.32. The van der Waals surface area contributed by atoms with Crippen molar-refractivity contribution in [3.63, 3.8) is 0 Å². The highest BCUT2D eigenvalue weighted by Gasteiger charge is 2.44. The summed E-state index contributed by atoms with van der Waals surface area (Å²) in [5.74, 6) is 0. The number of anilines is 1. The Morgan fingerprint density at radius 3 is 2.30 bits per heavy atom. The molecule has 0 spiro atoms. The largest absolute Gasteiger partial charge is 0.380 e. The van der Waals surface area contributed by atoms with Gasteiger partial charge in [-0.2, -0.15) is 4.58 Å². The van der Waals surface area contributed by atoms with E-state index < -0.39 is 0 Å². The lowest BCUT2D eigenvalue weighted by atomic mass is 9.81. The van der Waals surface area contributed by atoms with Gasteiger partial charge in [0, 0.05) is 59.3 Å². The molecular formula is C38H48ClN2O2+. The fourth-order valence-electron chi connectivity index (χ4n) is 6.93. The second-order valence-electron chi connectivity index (χ2n) is 12.6. The van der Waals surface area contributed by atoms with Crippen molar-refractivity contribution in [2.75, 3.05) is 44.4 Å². The molecule has 0 saturated carbocycles. The van der Waals surface area contributed by atoms with Crippen molar-refractivity contribution in [3.8, 4) is 0 Å². The van der Waals surface area contributed by atoms with Crippen LogP contribution in [0.5, 0.6) is 0 Å². The SMILES string of the molecule is CCOCCN1/C(=C/C=C2\CCCC(/C=C/C3=[N+](CCOCC)c4ccccc4C3(C)C)=C2Cl)C(C)(C)c2ccccc21. The Morgan fingerprint density at radius 2 is 1.53 bits per heavy atom. The van der Waals surface area contributed by atoms with Gasteiger partial charge in [0.15, 0.2) is 12.3 Å². The summed E-state index contributed by atoms with van der Waals surface area (Å²) in [5, 5.41) is 0.892. The molecule has 228 valence electrons. The average Bonchev–Trinajstić information content (AvgIpc) is 3.35. The Hall–Kier alpha value is -2.92. The van der Waals surface area contributed by atoms with Crippen molar-refractivity contribution in [2.45, 2.75) is 71.6 Å². The monoisotopic (exact) mass is 599 g/mol. The van der Waals surface area contributed by atoms with Gasteiger partial charge in [0.25, 0.3) is 0 Å². The Morgan fingerprint density at radius 1 is 0.837 bits per heavy atom. The first-order valence-electron chi connectivity index (χ1n) is 16.0. The number of ether oxygens (including phenoxy) is 2. The zero-order valence-corrected chi connectivity index (χ0v) is 27.6. The van der Waals surface area contributed by atoms with E-state index in [2.05, 4.69) is 124 Å². The third-order valence-electron chi connectivity index (χ3n) is 9.27. The number of halogens is 1. The summed E-state index contributed by atoms with van der Waals surface area (Å²) in [6.07, 6.45) is 12.2. The van der Waals surface area contributed by atoms with Crippen LogP contribution in [0, 0.1) is 0 Å². The molecule has 5 rings (SSSR count). The molecular weight excluding hydrogens is 552 g/mol. The second kappa shape index (κ2) is 13.4. The zero-order valence-electron chi connectivity index (χ0n) is 26.9. The topological polar surface area (TPSA) is 24.7 Å². The molecule has 5 heteroatoms. The van der Waals surface area contributed by atoms with Crippen LogP contribution in [0.1, 0.15) is 71.9 Å². The van der Waals surface area contributed by atoms with E-state index in [4.69, 9.17) is 21.1 Å². The smallest absolute Gasteiger partial charge is 0.209 e. The normalized spacial score (nSPS) is 21.0. The van der Waals surface area contributed by atoms with Crippen molar-refractivity contribution in [3.05, 3.63) is 106 Å². The number of hydrogen-bond donors (Lipinski definition) is 0. The van der Waals surface area contributed by atoms with E-state index in [9.17, 15) is 0 Å². The van der Waals surface area contributed by atoms with E-state index in [0.29, 0.717) is 13.2 Å². The summed E-state index contributed by atoms with van der Waals surface area (Å²) in [4.78, 5) is 2.43. The van der Waals surface area contributed by atoms with Crippen molar-refractivity contribution < 1.29 is 14.0 Å². The summed E-state index contributed by atoms with van der Waals surface area (Å²) in [7, 11) is 0. The number of nitrogens with zero attached hydrogens (tertiary/aromatic N) is 2. The van der Waals surface area contributed by atoms with Crippen molar-refractivity contribution in [1.82, 2.24) is 0 Å². The number of benzene rings is 2. The number of para-hydroxylation sites is 2. The van der Waals surface area contributed by atoms with Gasteiger partial charge in [-0.25, -0.2) is 0 Å². The molecule has 0 bridgehead atoms. The maximum atomic E-state index is 7.17. The van der Waals surface area contributed by atoms with E-state index in [-0.39, 0.29) is 10.8 Å². The van der Waals surface area contributed by atoms with E-state index >= 15 is 0 Å². The summed E-state index contributed by atoms with van der Waals surface area (Å²) in [5.41, 5.74) is 10.1. The number of allylic oxidation sites excluding steroid dienone is 8. The van der Waals surface area contributed by atoms with Crippen LogP contribution in [-0.4, -0.2) is 49.8 Å². The van der Waals surface area contributed by atoms with Gasteiger partial charge in [-0.15, -0.1) is 0 Å². The molecule has 0 aromatic heterocycles. The van der Waals surface area contributed by atoms with Gasteiger partial charge in [0.1, 0.15) is 6.61 Å². The third-order valence-corrected chi connectivity index (χ3v) is 9.75. The summed E-state index contributed by atoms with van der Waals surface area (Å²) < 4.78 is 13.9. The second-order valence-corrected chi connectivity index (χ2v) is 13.0. The van der Waals surface area contributed by atoms with Gasteiger partial charge < -0.3 is 14.4 Å². The van der Waals surface area contributed by atoms with Gasteiger partial charge in [-0.1, -0.05) is 74.0 Å². The number of hydrogen-bond acceptors (Lipinski definition) is 3. The molecule has 2 aromatic carbocycles. The fraction of sp³-hybridized carbons (Fsp3) is 0.447. The molecule has 3 aliphatic rings. The van der Waals surface area contributed by atoms with Crippen molar-refractivity contribution >= 4 is 28.7 Å². The standard InChI is InChI=1S/C38H48ClN2O2/c1-7-42-26-24-40-32-18-11-9-16-30(32)37(3,4)34(40)22-20-28-14-13-15-29(36(28)39)21-23-35-38(5,6)31-17-10-12-19-33(31)41(35)25-27-43-8-2/h9-12,16-23H,7-8,13-15,24-27H2,1-6H3/q+1. The Kier molecular flexibility index (Phi) is 9.80.